The van der Waals surface area contributed by atoms with Crippen LogP contribution < -0.4 is 11.5 Å². The van der Waals surface area contributed by atoms with Crippen molar-refractivity contribution >= 4 is 22.5 Å². The van der Waals surface area contributed by atoms with Gasteiger partial charge in [0.05, 0.1) is 0 Å². The van der Waals surface area contributed by atoms with Crippen molar-refractivity contribution in [2.75, 3.05) is 11.5 Å². The van der Waals surface area contributed by atoms with Crippen LogP contribution in [-0.2, 0) is 0 Å². The molecule has 90 valence electrons. The first kappa shape index (κ1) is 10.7. The second kappa shape index (κ2) is 3.77. The predicted molar refractivity (Wildman–Crippen MR) is 73.0 cm³/mol. The molecule has 1 aromatic heterocycles. The summed E-state index contributed by atoms with van der Waals surface area (Å²) < 4.78 is 5.68. The molecule has 0 radical (unpaired) electrons. The van der Waals surface area contributed by atoms with E-state index in [4.69, 9.17) is 15.9 Å². The second-order valence-electron chi connectivity index (χ2n) is 4.32. The minimum atomic E-state index is 0.558. The highest BCUT2D eigenvalue weighted by Crippen LogP contribution is 2.27. The quantitative estimate of drug-likeness (QED) is 0.640. The molecule has 4 heteroatoms. The summed E-state index contributed by atoms with van der Waals surface area (Å²) in [6.45, 7) is 1.96. The summed E-state index contributed by atoms with van der Waals surface area (Å²) in [5.74, 6) is 0.558. The molecule has 3 aromatic rings. The molecule has 0 aliphatic rings. The molecule has 0 atom stereocenters. The largest absolute Gasteiger partial charge is 0.436 e. The van der Waals surface area contributed by atoms with Gasteiger partial charge in [-0.15, -0.1) is 0 Å². The van der Waals surface area contributed by atoms with E-state index in [1.807, 2.05) is 31.2 Å². The topological polar surface area (TPSA) is 78.1 Å². The Morgan fingerprint density at radius 3 is 2.67 bits per heavy atom. The molecule has 0 saturated carbocycles. The maximum Gasteiger partial charge on any atom is 0.227 e. The van der Waals surface area contributed by atoms with Crippen molar-refractivity contribution in [2.45, 2.75) is 6.92 Å². The standard InChI is InChI=1S/C14H13N3O/c1-8-2-3-9(6-11(8)16)14-17-12-7-10(15)4-5-13(12)18-14/h2-7H,15-16H2,1H3. The average Bonchev–Trinajstić information content (AvgIpc) is 2.75. The van der Waals surface area contributed by atoms with Crippen molar-refractivity contribution in [1.29, 1.82) is 0 Å². The average molecular weight is 239 g/mol. The van der Waals surface area contributed by atoms with E-state index in [0.29, 0.717) is 11.6 Å². The first-order chi connectivity index (χ1) is 8.63. The van der Waals surface area contributed by atoms with Crippen LogP contribution in [0.2, 0.25) is 0 Å². The van der Waals surface area contributed by atoms with Gasteiger partial charge in [-0.3, -0.25) is 0 Å². The number of aryl methyl sites for hydroxylation is 1. The van der Waals surface area contributed by atoms with Crippen LogP contribution in [0.1, 0.15) is 5.56 Å². The van der Waals surface area contributed by atoms with Crippen LogP contribution >= 0.6 is 0 Å². The van der Waals surface area contributed by atoms with Crippen LogP contribution in [0.25, 0.3) is 22.6 Å². The van der Waals surface area contributed by atoms with Gasteiger partial charge in [0.25, 0.3) is 0 Å². The Hall–Kier alpha value is -2.49. The lowest BCUT2D eigenvalue weighted by atomic mass is 10.1. The van der Waals surface area contributed by atoms with Gasteiger partial charge < -0.3 is 15.9 Å². The number of hydrogen-bond donors (Lipinski definition) is 2. The van der Waals surface area contributed by atoms with Gasteiger partial charge in [-0.2, -0.15) is 0 Å². The summed E-state index contributed by atoms with van der Waals surface area (Å²) in [4.78, 5) is 4.41. The van der Waals surface area contributed by atoms with Crippen LogP contribution in [-0.4, -0.2) is 4.98 Å². The van der Waals surface area contributed by atoms with Gasteiger partial charge in [0.1, 0.15) is 5.52 Å². The number of benzene rings is 2. The second-order valence-corrected chi connectivity index (χ2v) is 4.32. The lowest BCUT2D eigenvalue weighted by Gasteiger charge is -2.00. The van der Waals surface area contributed by atoms with Crippen molar-refractivity contribution in [1.82, 2.24) is 4.98 Å². The highest BCUT2D eigenvalue weighted by molar-refractivity contribution is 5.79. The summed E-state index contributed by atoms with van der Waals surface area (Å²) in [5.41, 5.74) is 16.4. The van der Waals surface area contributed by atoms with E-state index in [1.165, 1.54) is 0 Å². The molecule has 0 bridgehead atoms. The van der Waals surface area contributed by atoms with E-state index in [9.17, 15) is 0 Å². The first-order valence-corrected chi connectivity index (χ1v) is 5.66. The van der Waals surface area contributed by atoms with Crippen LogP contribution in [0, 0.1) is 6.92 Å². The minimum absolute atomic E-state index is 0.558. The van der Waals surface area contributed by atoms with Gasteiger partial charge in [0.2, 0.25) is 5.89 Å². The highest BCUT2D eigenvalue weighted by Gasteiger charge is 2.09. The molecule has 0 saturated heterocycles. The Kier molecular flexibility index (Phi) is 2.23. The molecule has 0 spiro atoms. The van der Waals surface area contributed by atoms with Crippen molar-refractivity contribution in [3.63, 3.8) is 0 Å². The minimum Gasteiger partial charge on any atom is -0.436 e. The molecule has 0 amide bonds. The van der Waals surface area contributed by atoms with E-state index in [0.717, 1.165) is 27.9 Å². The first-order valence-electron chi connectivity index (χ1n) is 5.66. The molecule has 3 rings (SSSR count). The number of anilines is 2. The Morgan fingerprint density at radius 1 is 1.06 bits per heavy atom. The van der Waals surface area contributed by atoms with Gasteiger partial charge in [-0.25, -0.2) is 4.98 Å². The monoisotopic (exact) mass is 239 g/mol. The van der Waals surface area contributed by atoms with Crippen LogP contribution in [0.15, 0.2) is 40.8 Å². The Morgan fingerprint density at radius 2 is 1.89 bits per heavy atom. The van der Waals surface area contributed by atoms with E-state index < -0.39 is 0 Å². The summed E-state index contributed by atoms with van der Waals surface area (Å²) in [6.07, 6.45) is 0. The van der Waals surface area contributed by atoms with E-state index >= 15 is 0 Å². The van der Waals surface area contributed by atoms with Crippen molar-refractivity contribution in [3.8, 4) is 11.5 Å². The van der Waals surface area contributed by atoms with Crippen LogP contribution in [0.4, 0.5) is 11.4 Å². The summed E-state index contributed by atoms with van der Waals surface area (Å²) >= 11 is 0. The molecule has 0 fully saturated rings. The number of nitrogens with zero attached hydrogens (tertiary/aromatic N) is 1. The normalized spacial score (nSPS) is 10.9. The lowest BCUT2D eigenvalue weighted by molar-refractivity contribution is 0.620. The van der Waals surface area contributed by atoms with Gasteiger partial charge in [0, 0.05) is 16.9 Å². The molecule has 18 heavy (non-hydrogen) atoms. The van der Waals surface area contributed by atoms with Crippen molar-refractivity contribution in [3.05, 3.63) is 42.0 Å². The van der Waals surface area contributed by atoms with Gasteiger partial charge in [0.15, 0.2) is 5.58 Å². The summed E-state index contributed by atoms with van der Waals surface area (Å²) in [5, 5.41) is 0. The third-order valence-electron chi connectivity index (χ3n) is 2.94. The van der Waals surface area contributed by atoms with Crippen molar-refractivity contribution < 1.29 is 4.42 Å². The predicted octanol–water partition coefficient (Wildman–Crippen LogP) is 2.97. The number of nitrogens with two attached hydrogens (primary N) is 2. The van der Waals surface area contributed by atoms with E-state index in [2.05, 4.69) is 4.98 Å². The number of fused-ring (bicyclic) bond motifs is 1. The Bertz CT molecular complexity index is 731. The summed E-state index contributed by atoms with van der Waals surface area (Å²) in [7, 11) is 0. The highest BCUT2D eigenvalue weighted by atomic mass is 16.3. The Balaban J connectivity index is 2.16. The fraction of sp³-hybridized carbons (Fsp3) is 0.0714. The molecule has 4 nitrogen and oxygen atoms in total. The molecule has 0 aliphatic heterocycles. The fourth-order valence-electron chi connectivity index (χ4n) is 1.84. The molecule has 0 aliphatic carbocycles. The number of hydrogen-bond acceptors (Lipinski definition) is 4. The van der Waals surface area contributed by atoms with Crippen LogP contribution in [0.3, 0.4) is 0 Å². The number of aromatic nitrogens is 1. The molecule has 1 heterocycles. The molecular weight excluding hydrogens is 226 g/mol. The van der Waals surface area contributed by atoms with E-state index in [1.54, 1.807) is 12.1 Å². The lowest BCUT2D eigenvalue weighted by Crippen LogP contribution is -1.89. The molecular formula is C14H13N3O. The zero-order valence-corrected chi connectivity index (χ0v) is 9.97. The molecule has 4 N–H and O–H groups in total. The molecule has 0 unspecified atom stereocenters. The van der Waals surface area contributed by atoms with Gasteiger partial charge >= 0.3 is 0 Å². The Labute approximate surface area is 104 Å². The number of nitrogen functional groups attached to an aromatic ring is 2. The molecule has 2 aromatic carbocycles. The maximum atomic E-state index is 5.89. The maximum absolute atomic E-state index is 5.89. The zero-order chi connectivity index (χ0) is 12.7. The van der Waals surface area contributed by atoms with Gasteiger partial charge in [-0.05, 0) is 42.8 Å². The SMILES string of the molecule is Cc1ccc(-c2nc3cc(N)ccc3o2)cc1N. The smallest absolute Gasteiger partial charge is 0.227 e. The van der Waals surface area contributed by atoms with Crippen molar-refractivity contribution in [2.24, 2.45) is 0 Å². The number of oxazole rings is 1. The van der Waals surface area contributed by atoms with E-state index in [-0.39, 0.29) is 0 Å². The zero-order valence-electron chi connectivity index (χ0n) is 9.97. The third kappa shape index (κ3) is 1.68. The fourth-order valence-corrected chi connectivity index (χ4v) is 1.84. The van der Waals surface area contributed by atoms with Gasteiger partial charge in [-0.1, -0.05) is 6.07 Å². The number of rotatable bonds is 1. The van der Waals surface area contributed by atoms with Crippen LogP contribution in [0.5, 0.6) is 0 Å². The third-order valence-corrected chi connectivity index (χ3v) is 2.94. The summed E-state index contributed by atoms with van der Waals surface area (Å²) in [6, 6.07) is 11.2.